The van der Waals surface area contributed by atoms with E-state index >= 15 is 0 Å². The molecule has 6 heteroatoms. The Hall–Kier alpha value is -2.73. The topological polar surface area (TPSA) is 80.0 Å². The lowest BCUT2D eigenvalue weighted by atomic mass is 10.1. The van der Waals surface area contributed by atoms with Gasteiger partial charge in [-0.05, 0) is 55.5 Å². The van der Waals surface area contributed by atoms with Crippen molar-refractivity contribution in [2.24, 2.45) is 5.92 Å². The molecule has 2 N–H and O–H groups in total. The number of nitrogens with one attached hydrogen (secondary N) is 1. The van der Waals surface area contributed by atoms with Crippen molar-refractivity contribution in [2.45, 2.75) is 45.4 Å². The van der Waals surface area contributed by atoms with Gasteiger partial charge in [-0.3, -0.25) is 9.78 Å². The maximum Gasteiger partial charge on any atom is 0.222 e. The number of hydrogen-bond donors (Lipinski definition) is 2. The second-order valence-corrected chi connectivity index (χ2v) is 7.22. The molecule has 1 aliphatic rings. The van der Waals surface area contributed by atoms with Crippen LogP contribution in [0, 0.1) is 12.8 Å². The highest BCUT2D eigenvalue weighted by atomic mass is 16.3. The molecule has 1 amide bonds. The van der Waals surface area contributed by atoms with Crippen LogP contribution in [0.3, 0.4) is 0 Å². The first-order chi connectivity index (χ1) is 13.2. The molecule has 2 aromatic heterocycles. The van der Waals surface area contributed by atoms with Crippen LogP contribution in [0.15, 0.2) is 42.6 Å². The molecule has 1 aromatic carbocycles. The largest absolute Gasteiger partial charge is 0.388 e. The van der Waals surface area contributed by atoms with Gasteiger partial charge in [0.25, 0.3) is 0 Å². The fraction of sp³-hybridized carbons (Fsp3) is 0.381. The summed E-state index contributed by atoms with van der Waals surface area (Å²) in [6, 6.07) is 11.7. The third-order valence-corrected chi connectivity index (χ3v) is 5.10. The molecule has 4 rings (SSSR count). The summed E-state index contributed by atoms with van der Waals surface area (Å²) in [7, 11) is 0. The molecule has 1 saturated carbocycles. The fourth-order valence-electron chi connectivity index (χ4n) is 3.55. The fourth-order valence-corrected chi connectivity index (χ4v) is 3.55. The first kappa shape index (κ1) is 17.7. The van der Waals surface area contributed by atoms with Crippen LogP contribution in [0.4, 0.5) is 0 Å². The molecule has 140 valence electrons. The average molecular weight is 364 g/mol. The summed E-state index contributed by atoms with van der Waals surface area (Å²) in [5.74, 6) is 1.06. The summed E-state index contributed by atoms with van der Waals surface area (Å²) in [5.41, 5.74) is 3.86. The van der Waals surface area contributed by atoms with E-state index in [1.54, 1.807) is 6.20 Å². The Morgan fingerprint density at radius 1 is 1.33 bits per heavy atom. The molecule has 0 bridgehead atoms. The van der Waals surface area contributed by atoms with Gasteiger partial charge >= 0.3 is 0 Å². The van der Waals surface area contributed by atoms with Gasteiger partial charge in [0.2, 0.25) is 5.91 Å². The van der Waals surface area contributed by atoms with E-state index in [0.717, 1.165) is 35.1 Å². The van der Waals surface area contributed by atoms with Crippen molar-refractivity contribution in [2.75, 3.05) is 0 Å². The monoisotopic (exact) mass is 364 g/mol. The summed E-state index contributed by atoms with van der Waals surface area (Å²) in [4.78, 5) is 21.5. The molecule has 27 heavy (non-hydrogen) atoms. The SMILES string of the molecule is Cc1ccnc(C(NC(=O)CCn2c(CO)nc3ccccc32)C2CC2)c1. The van der Waals surface area contributed by atoms with Crippen LogP contribution >= 0.6 is 0 Å². The van der Waals surface area contributed by atoms with Crippen LogP contribution in [0.25, 0.3) is 11.0 Å². The number of aliphatic hydroxyl groups excluding tert-OH is 1. The van der Waals surface area contributed by atoms with Gasteiger partial charge in [0.15, 0.2) is 0 Å². The van der Waals surface area contributed by atoms with Gasteiger partial charge in [-0.15, -0.1) is 0 Å². The molecule has 6 nitrogen and oxygen atoms in total. The van der Waals surface area contributed by atoms with Crippen LogP contribution in [0.1, 0.15) is 42.4 Å². The standard InChI is InChI=1S/C21H24N4O2/c1-14-8-10-22-17(12-14)21(15-6-7-15)24-20(27)9-11-25-18-5-3-2-4-16(18)23-19(25)13-26/h2-5,8,10,12,15,21,26H,6-7,9,11,13H2,1H3,(H,24,27). The van der Waals surface area contributed by atoms with Crippen molar-refractivity contribution >= 4 is 16.9 Å². The molecule has 0 saturated heterocycles. The van der Waals surface area contributed by atoms with Crippen LogP contribution in [0.2, 0.25) is 0 Å². The zero-order valence-corrected chi connectivity index (χ0v) is 15.4. The van der Waals surface area contributed by atoms with Crippen LogP contribution in [0.5, 0.6) is 0 Å². The summed E-state index contributed by atoms with van der Waals surface area (Å²) < 4.78 is 1.92. The van der Waals surface area contributed by atoms with E-state index in [4.69, 9.17) is 0 Å². The third-order valence-electron chi connectivity index (χ3n) is 5.10. The lowest BCUT2D eigenvalue weighted by Gasteiger charge is -2.18. The Kier molecular flexibility index (Phi) is 4.90. The number of benzene rings is 1. The van der Waals surface area contributed by atoms with E-state index in [1.807, 2.05) is 41.8 Å². The Labute approximate surface area is 158 Å². The number of rotatable bonds is 7. The van der Waals surface area contributed by atoms with Crippen molar-refractivity contribution < 1.29 is 9.90 Å². The van der Waals surface area contributed by atoms with Crippen LogP contribution in [-0.2, 0) is 17.9 Å². The van der Waals surface area contributed by atoms with Gasteiger partial charge in [0, 0.05) is 19.2 Å². The second-order valence-electron chi connectivity index (χ2n) is 7.22. The van der Waals surface area contributed by atoms with Crippen molar-refractivity contribution in [3.8, 4) is 0 Å². The minimum Gasteiger partial charge on any atom is -0.388 e. The number of aliphatic hydroxyl groups is 1. The second kappa shape index (κ2) is 7.48. The highest BCUT2D eigenvalue weighted by molar-refractivity contribution is 5.78. The lowest BCUT2D eigenvalue weighted by Crippen LogP contribution is -2.31. The molecular formula is C21H24N4O2. The van der Waals surface area contributed by atoms with Gasteiger partial charge in [-0.1, -0.05) is 12.1 Å². The average Bonchev–Trinajstić information content (AvgIpc) is 3.45. The van der Waals surface area contributed by atoms with E-state index in [-0.39, 0.29) is 18.6 Å². The number of nitrogens with zero attached hydrogens (tertiary/aromatic N) is 3. The van der Waals surface area contributed by atoms with E-state index in [1.165, 1.54) is 0 Å². The third kappa shape index (κ3) is 3.85. The summed E-state index contributed by atoms with van der Waals surface area (Å²) in [6.45, 7) is 2.38. The molecule has 1 aliphatic carbocycles. The molecular weight excluding hydrogens is 340 g/mol. The van der Waals surface area contributed by atoms with Gasteiger partial charge < -0.3 is 15.0 Å². The maximum absolute atomic E-state index is 12.6. The van der Waals surface area contributed by atoms with E-state index in [9.17, 15) is 9.90 Å². The molecule has 0 spiro atoms. The van der Waals surface area contributed by atoms with Crippen molar-refractivity contribution in [1.82, 2.24) is 19.9 Å². The van der Waals surface area contributed by atoms with E-state index in [0.29, 0.717) is 24.7 Å². The first-order valence-corrected chi connectivity index (χ1v) is 9.42. The number of fused-ring (bicyclic) bond motifs is 1. The van der Waals surface area contributed by atoms with Crippen molar-refractivity contribution in [1.29, 1.82) is 0 Å². The number of para-hydroxylation sites is 2. The smallest absolute Gasteiger partial charge is 0.222 e. The van der Waals surface area contributed by atoms with Crippen molar-refractivity contribution in [3.63, 3.8) is 0 Å². The molecule has 0 radical (unpaired) electrons. The zero-order valence-electron chi connectivity index (χ0n) is 15.4. The number of hydrogen-bond acceptors (Lipinski definition) is 4. The normalized spacial score (nSPS) is 15.0. The maximum atomic E-state index is 12.6. The summed E-state index contributed by atoms with van der Waals surface area (Å²) in [6.07, 6.45) is 4.39. The van der Waals surface area contributed by atoms with E-state index in [2.05, 4.69) is 21.4 Å². The van der Waals surface area contributed by atoms with Crippen molar-refractivity contribution in [3.05, 3.63) is 59.7 Å². The quantitative estimate of drug-likeness (QED) is 0.676. The number of pyridine rings is 1. The van der Waals surface area contributed by atoms with Crippen LogP contribution < -0.4 is 5.32 Å². The van der Waals surface area contributed by atoms with Gasteiger partial charge in [0.05, 0.1) is 22.8 Å². The summed E-state index contributed by atoms with van der Waals surface area (Å²) in [5, 5.41) is 12.8. The summed E-state index contributed by atoms with van der Waals surface area (Å²) >= 11 is 0. The number of imidazole rings is 1. The van der Waals surface area contributed by atoms with Gasteiger partial charge in [0.1, 0.15) is 12.4 Å². The number of carbonyl (C=O) groups is 1. The highest BCUT2D eigenvalue weighted by Crippen LogP contribution is 2.40. The number of carbonyl (C=O) groups excluding carboxylic acids is 1. The lowest BCUT2D eigenvalue weighted by molar-refractivity contribution is -0.122. The Morgan fingerprint density at radius 3 is 2.89 bits per heavy atom. The Bertz CT molecular complexity index is 962. The van der Waals surface area contributed by atoms with Gasteiger partial charge in [-0.25, -0.2) is 4.98 Å². The molecule has 2 heterocycles. The predicted octanol–water partition coefficient (Wildman–Crippen LogP) is 2.89. The van der Waals surface area contributed by atoms with Crippen LogP contribution in [-0.4, -0.2) is 25.5 Å². The number of aryl methyl sites for hydroxylation is 2. The molecule has 3 aromatic rings. The number of amides is 1. The van der Waals surface area contributed by atoms with E-state index < -0.39 is 0 Å². The molecule has 1 atom stereocenters. The minimum absolute atomic E-state index is 0.00289. The predicted molar refractivity (Wildman–Crippen MR) is 103 cm³/mol. The van der Waals surface area contributed by atoms with Gasteiger partial charge in [-0.2, -0.15) is 0 Å². The molecule has 1 fully saturated rings. The Morgan fingerprint density at radius 2 is 2.15 bits per heavy atom. The Balaban J connectivity index is 1.46. The highest BCUT2D eigenvalue weighted by Gasteiger charge is 2.34. The zero-order chi connectivity index (χ0) is 18.8. The first-order valence-electron chi connectivity index (χ1n) is 9.42. The molecule has 0 aliphatic heterocycles. The minimum atomic E-state index is -0.145. The molecule has 1 unspecified atom stereocenters. The number of aromatic nitrogens is 3.